The first-order chi connectivity index (χ1) is 10.1. The monoisotopic (exact) mass is 293 g/mol. The predicted molar refractivity (Wildman–Crippen MR) is 82.1 cm³/mol. The average Bonchev–Trinajstić information content (AvgIpc) is 2.50. The zero-order valence-electron chi connectivity index (χ0n) is 12.8. The standard InChI is InChI=1S/C15H23N3O3/c1-11-9-16-6-7-18(11)10-15(19)17-13-5-4-12(20-2)8-14(13)21-3/h4-5,8,11,16H,6-7,9-10H2,1-3H3,(H,17,19)/t11-/m1/s1. The van der Waals surface area contributed by atoms with Gasteiger partial charge in [-0.1, -0.05) is 0 Å². The van der Waals surface area contributed by atoms with Crippen LogP contribution >= 0.6 is 0 Å². The maximum atomic E-state index is 12.2. The van der Waals surface area contributed by atoms with Gasteiger partial charge in [0.25, 0.3) is 0 Å². The molecule has 1 aromatic carbocycles. The highest BCUT2D eigenvalue weighted by atomic mass is 16.5. The van der Waals surface area contributed by atoms with E-state index in [0.717, 1.165) is 19.6 Å². The molecule has 1 saturated heterocycles. The molecule has 2 N–H and O–H groups in total. The Morgan fingerprint density at radius 3 is 2.90 bits per heavy atom. The number of rotatable bonds is 5. The van der Waals surface area contributed by atoms with Crippen LogP contribution in [0.25, 0.3) is 0 Å². The van der Waals surface area contributed by atoms with Gasteiger partial charge in [-0.15, -0.1) is 0 Å². The average molecular weight is 293 g/mol. The first-order valence-corrected chi connectivity index (χ1v) is 7.10. The molecule has 6 nitrogen and oxygen atoms in total. The molecule has 1 aromatic rings. The van der Waals surface area contributed by atoms with Crippen LogP contribution in [0.2, 0.25) is 0 Å². The van der Waals surface area contributed by atoms with Gasteiger partial charge < -0.3 is 20.1 Å². The SMILES string of the molecule is COc1ccc(NC(=O)CN2CCNC[C@H]2C)c(OC)c1. The van der Waals surface area contributed by atoms with Gasteiger partial charge in [-0.3, -0.25) is 9.69 Å². The molecule has 116 valence electrons. The van der Waals surface area contributed by atoms with Crippen LogP contribution in [0.3, 0.4) is 0 Å². The van der Waals surface area contributed by atoms with E-state index in [4.69, 9.17) is 9.47 Å². The fourth-order valence-corrected chi connectivity index (χ4v) is 2.39. The Bertz CT molecular complexity index is 493. The number of piperazine rings is 1. The van der Waals surface area contributed by atoms with Crippen molar-refractivity contribution in [1.29, 1.82) is 0 Å². The van der Waals surface area contributed by atoms with Gasteiger partial charge in [0.15, 0.2) is 0 Å². The number of ether oxygens (including phenoxy) is 2. The highest BCUT2D eigenvalue weighted by Gasteiger charge is 2.20. The van der Waals surface area contributed by atoms with Crippen molar-refractivity contribution in [3.63, 3.8) is 0 Å². The summed E-state index contributed by atoms with van der Waals surface area (Å²) in [4.78, 5) is 14.4. The fourth-order valence-electron chi connectivity index (χ4n) is 2.39. The zero-order valence-corrected chi connectivity index (χ0v) is 12.8. The van der Waals surface area contributed by atoms with Gasteiger partial charge in [-0.05, 0) is 19.1 Å². The molecular formula is C15H23N3O3. The molecule has 0 radical (unpaired) electrons. The summed E-state index contributed by atoms with van der Waals surface area (Å²) in [7, 11) is 3.17. The molecule has 2 rings (SSSR count). The lowest BCUT2D eigenvalue weighted by Gasteiger charge is -2.33. The van der Waals surface area contributed by atoms with E-state index in [9.17, 15) is 4.79 Å². The van der Waals surface area contributed by atoms with Gasteiger partial charge in [0, 0.05) is 31.7 Å². The Morgan fingerprint density at radius 2 is 2.24 bits per heavy atom. The highest BCUT2D eigenvalue weighted by Crippen LogP contribution is 2.28. The molecule has 0 bridgehead atoms. The van der Waals surface area contributed by atoms with E-state index in [2.05, 4.69) is 22.5 Å². The molecule has 21 heavy (non-hydrogen) atoms. The molecular weight excluding hydrogens is 270 g/mol. The van der Waals surface area contributed by atoms with E-state index in [1.54, 1.807) is 32.4 Å². The van der Waals surface area contributed by atoms with E-state index < -0.39 is 0 Å². The molecule has 6 heteroatoms. The molecule has 0 saturated carbocycles. The van der Waals surface area contributed by atoms with Crippen molar-refractivity contribution in [3.8, 4) is 11.5 Å². The van der Waals surface area contributed by atoms with E-state index in [-0.39, 0.29) is 5.91 Å². The quantitative estimate of drug-likeness (QED) is 0.846. The molecule has 0 aromatic heterocycles. The second-order valence-electron chi connectivity index (χ2n) is 5.14. The van der Waals surface area contributed by atoms with E-state index in [1.807, 2.05) is 0 Å². The van der Waals surface area contributed by atoms with Gasteiger partial charge in [0.1, 0.15) is 11.5 Å². The van der Waals surface area contributed by atoms with Gasteiger partial charge >= 0.3 is 0 Å². The minimum Gasteiger partial charge on any atom is -0.497 e. The maximum absolute atomic E-state index is 12.2. The molecule has 1 aliphatic rings. The van der Waals surface area contributed by atoms with Crippen molar-refractivity contribution >= 4 is 11.6 Å². The van der Waals surface area contributed by atoms with Crippen LogP contribution in [0.1, 0.15) is 6.92 Å². The van der Waals surface area contributed by atoms with Crippen LogP contribution in [0.4, 0.5) is 5.69 Å². The molecule has 1 heterocycles. The summed E-state index contributed by atoms with van der Waals surface area (Å²) >= 11 is 0. The summed E-state index contributed by atoms with van der Waals surface area (Å²) in [6.07, 6.45) is 0. The third-order valence-corrected chi connectivity index (χ3v) is 3.67. The Morgan fingerprint density at radius 1 is 1.43 bits per heavy atom. The normalized spacial score (nSPS) is 19.1. The van der Waals surface area contributed by atoms with Gasteiger partial charge in [0.05, 0.1) is 26.5 Å². The Balaban J connectivity index is 1.98. The first kappa shape index (κ1) is 15.6. The zero-order chi connectivity index (χ0) is 15.2. The number of anilines is 1. The summed E-state index contributed by atoms with van der Waals surface area (Å²) in [5.74, 6) is 1.25. The van der Waals surface area contributed by atoms with Crippen LogP contribution in [0, 0.1) is 0 Å². The maximum Gasteiger partial charge on any atom is 0.238 e. The van der Waals surface area contributed by atoms with Gasteiger partial charge in [-0.25, -0.2) is 0 Å². The van der Waals surface area contributed by atoms with E-state index in [1.165, 1.54) is 0 Å². The van der Waals surface area contributed by atoms with Crippen molar-refractivity contribution in [1.82, 2.24) is 10.2 Å². The van der Waals surface area contributed by atoms with Gasteiger partial charge in [-0.2, -0.15) is 0 Å². The van der Waals surface area contributed by atoms with Crippen molar-refractivity contribution in [3.05, 3.63) is 18.2 Å². The molecule has 1 aliphatic heterocycles. The molecule has 1 atom stereocenters. The van der Waals surface area contributed by atoms with Crippen molar-refractivity contribution in [2.45, 2.75) is 13.0 Å². The summed E-state index contributed by atoms with van der Waals surface area (Å²) in [6.45, 7) is 5.22. The van der Waals surface area contributed by atoms with Crippen molar-refractivity contribution < 1.29 is 14.3 Å². The molecule has 0 spiro atoms. The second kappa shape index (κ2) is 7.28. The number of benzene rings is 1. The van der Waals surface area contributed by atoms with E-state index in [0.29, 0.717) is 29.8 Å². The lowest BCUT2D eigenvalue weighted by Crippen LogP contribution is -2.51. The summed E-state index contributed by atoms with van der Waals surface area (Å²) in [5, 5.41) is 6.21. The Kier molecular flexibility index (Phi) is 5.41. The summed E-state index contributed by atoms with van der Waals surface area (Å²) in [5.41, 5.74) is 0.658. The van der Waals surface area contributed by atoms with E-state index >= 15 is 0 Å². The van der Waals surface area contributed by atoms with Crippen LogP contribution in [-0.4, -0.2) is 57.2 Å². The van der Waals surface area contributed by atoms with Crippen molar-refractivity contribution in [2.24, 2.45) is 0 Å². The lowest BCUT2D eigenvalue weighted by molar-refractivity contribution is -0.118. The summed E-state index contributed by atoms with van der Waals surface area (Å²) in [6, 6.07) is 5.70. The minimum absolute atomic E-state index is 0.0350. The fraction of sp³-hybridized carbons (Fsp3) is 0.533. The van der Waals surface area contributed by atoms with Crippen LogP contribution in [-0.2, 0) is 4.79 Å². The number of hydrogen-bond acceptors (Lipinski definition) is 5. The second-order valence-corrected chi connectivity index (χ2v) is 5.14. The smallest absolute Gasteiger partial charge is 0.238 e. The number of methoxy groups -OCH3 is 2. The molecule has 1 amide bonds. The van der Waals surface area contributed by atoms with Gasteiger partial charge in [0.2, 0.25) is 5.91 Å². The predicted octanol–water partition coefficient (Wildman–Crippen LogP) is 0.936. The van der Waals surface area contributed by atoms with Crippen molar-refractivity contribution in [2.75, 3.05) is 45.7 Å². The Hall–Kier alpha value is -1.79. The number of hydrogen-bond donors (Lipinski definition) is 2. The van der Waals surface area contributed by atoms with Crippen LogP contribution < -0.4 is 20.1 Å². The first-order valence-electron chi connectivity index (χ1n) is 7.10. The number of amides is 1. The molecule has 0 unspecified atom stereocenters. The highest BCUT2D eigenvalue weighted by molar-refractivity contribution is 5.93. The third kappa shape index (κ3) is 4.09. The number of carbonyl (C=O) groups is 1. The van der Waals surface area contributed by atoms with Crippen LogP contribution in [0.15, 0.2) is 18.2 Å². The molecule has 1 fully saturated rings. The molecule has 0 aliphatic carbocycles. The topological polar surface area (TPSA) is 62.8 Å². The number of nitrogens with zero attached hydrogens (tertiary/aromatic N) is 1. The summed E-state index contributed by atoms with van der Waals surface area (Å²) < 4.78 is 10.4. The largest absolute Gasteiger partial charge is 0.497 e. The number of carbonyl (C=O) groups excluding carboxylic acids is 1. The van der Waals surface area contributed by atoms with Crippen LogP contribution in [0.5, 0.6) is 11.5 Å². The third-order valence-electron chi connectivity index (χ3n) is 3.67. The lowest BCUT2D eigenvalue weighted by atomic mass is 10.2. The number of nitrogens with one attached hydrogen (secondary N) is 2. The Labute approximate surface area is 125 Å². The minimum atomic E-state index is -0.0350.